The molecule has 5 rings (SSSR count). The monoisotopic (exact) mass is 482 g/mol. The fourth-order valence-corrected chi connectivity index (χ4v) is 5.08. The minimum Gasteiger partial charge on any atom is -0.359 e. The van der Waals surface area contributed by atoms with Gasteiger partial charge in [0.2, 0.25) is 5.91 Å². The summed E-state index contributed by atoms with van der Waals surface area (Å²) in [6.07, 6.45) is 13.8. The van der Waals surface area contributed by atoms with Crippen molar-refractivity contribution in [2.75, 3.05) is 26.2 Å². The van der Waals surface area contributed by atoms with Gasteiger partial charge in [0.1, 0.15) is 11.9 Å². The zero-order valence-electron chi connectivity index (χ0n) is 20.8. The first-order valence-electron chi connectivity index (χ1n) is 12.3. The van der Waals surface area contributed by atoms with Gasteiger partial charge in [-0.3, -0.25) is 9.48 Å². The highest BCUT2D eigenvalue weighted by Gasteiger charge is 2.32. The van der Waals surface area contributed by atoms with E-state index >= 15 is 0 Å². The maximum Gasteiger partial charge on any atom is 0.227 e. The highest BCUT2D eigenvalue weighted by molar-refractivity contribution is 5.90. The number of aryl methyl sites for hydroxylation is 1. The van der Waals surface area contributed by atoms with Crippen molar-refractivity contribution in [3.63, 3.8) is 0 Å². The summed E-state index contributed by atoms with van der Waals surface area (Å²) < 4.78 is 3.47. The molecule has 2 aliphatic rings. The number of amides is 1. The lowest BCUT2D eigenvalue weighted by Crippen LogP contribution is -2.36. The number of fused-ring (bicyclic) bond motifs is 1. The van der Waals surface area contributed by atoms with Gasteiger partial charge in [-0.25, -0.2) is 9.51 Å². The average Bonchev–Trinajstić information content (AvgIpc) is 3.70. The minimum absolute atomic E-state index is 0.0388. The Balaban J connectivity index is 1.45. The lowest BCUT2D eigenvalue weighted by molar-refractivity contribution is -0.133. The molecular weight excluding hydrogens is 452 g/mol. The summed E-state index contributed by atoms with van der Waals surface area (Å²) in [4.78, 5) is 21.8. The number of likely N-dealkylation sites (tertiary alicyclic amines) is 2. The van der Waals surface area contributed by atoms with Gasteiger partial charge in [0.25, 0.3) is 0 Å². The normalized spacial score (nSPS) is 18.8. The molecule has 9 heteroatoms. The van der Waals surface area contributed by atoms with Crippen LogP contribution in [0.5, 0.6) is 0 Å². The fraction of sp³-hybridized carbons (Fsp3) is 0.370. The summed E-state index contributed by atoms with van der Waals surface area (Å²) in [6.45, 7) is 9.28. The van der Waals surface area contributed by atoms with Crippen LogP contribution in [-0.4, -0.2) is 67.1 Å². The molecule has 5 heterocycles. The molecule has 1 amide bonds. The fourth-order valence-electron chi connectivity index (χ4n) is 5.08. The summed E-state index contributed by atoms with van der Waals surface area (Å²) in [5.74, 6) is 1.18. The van der Waals surface area contributed by atoms with E-state index < -0.39 is 0 Å². The van der Waals surface area contributed by atoms with E-state index in [1.54, 1.807) is 33.9 Å². The SMILES string of the molecule is C=C/C(=C\N=C(C)N1CC[C@H](C(=O)N2CCCC2)C1)c1cc(-c2cnn(C)c2)cn2ncc(C#N)c12. The highest BCUT2D eigenvalue weighted by Crippen LogP contribution is 2.30. The number of aliphatic imine (C=N–C) groups is 1. The second kappa shape index (κ2) is 9.82. The first-order chi connectivity index (χ1) is 17.5. The zero-order valence-corrected chi connectivity index (χ0v) is 20.8. The largest absolute Gasteiger partial charge is 0.359 e. The number of nitriles is 1. The second-order valence-electron chi connectivity index (χ2n) is 9.44. The highest BCUT2D eigenvalue weighted by atomic mass is 16.2. The van der Waals surface area contributed by atoms with Crippen LogP contribution >= 0.6 is 0 Å². The third-order valence-corrected chi connectivity index (χ3v) is 7.10. The molecule has 0 unspecified atom stereocenters. The number of allylic oxidation sites excluding steroid dienone is 2. The molecule has 0 bridgehead atoms. The van der Waals surface area contributed by atoms with E-state index in [9.17, 15) is 10.1 Å². The van der Waals surface area contributed by atoms with Crippen LogP contribution in [0.4, 0.5) is 0 Å². The van der Waals surface area contributed by atoms with Crippen molar-refractivity contribution >= 4 is 22.8 Å². The maximum absolute atomic E-state index is 12.8. The zero-order chi connectivity index (χ0) is 25.2. The van der Waals surface area contributed by atoms with E-state index in [2.05, 4.69) is 27.7 Å². The quantitative estimate of drug-likeness (QED) is 0.315. The smallest absolute Gasteiger partial charge is 0.227 e. The number of hydrogen-bond acceptors (Lipinski definition) is 5. The summed E-state index contributed by atoms with van der Waals surface area (Å²) >= 11 is 0. The van der Waals surface area contributed by atoms with Crippen molar-refractivity contribution in [3.8, 4) is 17.2 Å². The van der Waals surface area contributed by atoms with Crippen LogP contribution in [0.25, 0.3) is 22.2 Å². The molecular formula is C27H30N8O. The van der Waals surface area contributed by atoms with Crippen molar-refractivity contribution in [2.45, 2.75) is 26.2 Å². The van der Waals surface area contributed by atoms with Gasteiger partial charge in [-0.1, -0.05) is 12.7 Å². The Bertz CT molecular complexity index is 1410. The number of carbonyl (C=O) groups excluding carboxylic acids is 1. The van der Waals surface area contributed by atoms with Gasteiger partial charge in [0.05, 0.1) is 29.4 Å². The molecule has 3 aromatic heterocycles. The predicted molar refractivity (Wildman–Crippen MR) is 139 cm³/mol. The molecule has 1 atom stereocenters. The molecule has 2 saturated heterocycles. The van der Waals surface area contributed by atoms with Gasteiger partial charge in [-0.05, 0) is 32.3 Å². The van der Waals surface area contributed by atoms with E-state index in [-0.39, 0.29) is 11.8 Å². The molecule has 0 aromatic carbocycles. The van der Waals surface area contributed by atoms with Crippen LogP contribution in [0.2, 0.25) is 0 Å². The number of rotatable bonds is 5. The third kappa shape index (κ3) is 4.42. The molecule has 0 saturated carbocycles. The molecule has 0 N–H and O–H groups in total. The standard InChI is InChI=1S/C27H30N8O/c1-4-20(13-29-19(2)34-10-7-21(17-34)27(36)33-8-5-6-9-33)25-11-22(24-15-30-32(3)16-24)18-35-26(25)23(12-28)14-31-35/h4,11,13-16,18,21H,1,5-10,17H2,2-3H3/b20-13+,29-19?/t21-/m0/s1. The average molecular weight is 483 g/mol. The van der Waals surface area contributed by atoms with E-state index in [0.717, 1.165) is 67.0 Å². The van der Waals surface area contributed by atoms with E-state index in [4.69, 9.17) is 4.99 Å². The van der Waals surface area contributed by atoms with Crippen molar-refractivity contribution in [1.82, 2.24) is 29.2 Å². The van der Waals surface area contributed by atoms with E-state index in [0.29, 0.717) is 17.6 Å². The molecule has 0 aliphatic carbocycles. The first-order valence-corrected chi connectivity index (χ1v) is 12.3. The molecule has 0 spiro atoms. The second-order valence-corrected chi connectivity index (χ2v) is 9.44. The summed E-state index contributed by atoms with van der Waals surface area (Å²) in [5.41, 5.74) is 4.67. The van der Waals surface area contributed by atoms with Gasteiger partial charge < -0.3 is 9.80 Å². The lowest BCUT2D eigenvalue weighted by Gasteiger charge is -2.21. The molecule has 0 radical (unpaired) electrons. The first kappa shape index (κ1) is 23.5. The molecule has 2 fully saturated rings. The van der Waals surface area contributed by atoms with Crippen molar-refractivity contribution < 1.29 is 4.79 Å². The Morgan fingerprint density at radius 2 is 1.97 bits per heavy atom. The molecule has 184 valence electrons. The number of pyridine rings is 1. The number of aromatic nitrogens is 4. The van der Waals surface area contributed by atoms with E-state index in [1.165, 1.54) is 0 Å². The predicted octanol–water partition coefficient (Wildman–Crippen LogP) is 3.50. The van der Waals surface area contributed by atoms with Crippen LogP contribution < -0.4 is 0 Å². The van der Waals surface area contributed by atoms with Crippen LogP contribution in [-0.2, 0) is 11.8 Å². The topological polar surface area (TPSA) is 94.8 Å². The number of amidine groups is 1. The van der Waals surface area contributed by atoms with Crippen LogP contribution in [0.1, 0.15) is 37.3 Å². The molecule has 9 nitrogen and oxygen atoms in total. The van der Waals surface area contributed by atoms with E-state index in [1.807, 2.05) is 37.3 Å². The van der Waals surface area contributed by atoms with Gasteiger partial charge >= 0.3 is 0 Å². The number of nitrogens with zero attached hydrogens (tertiary/aromatic N) is 8. The Kier molecular flexibility index (Phi) is 6.42. The maximum atomic E-state index is 12.8. The molecule has 3 aromatic rings. The summed E-state index contributed by atoms with van der Waals surface area (Å²) in [6, 6.07) is 4.26. The number of hydrogen-bond donors (Lipinski definition) is 0. The van der Waals surface area contributed by atoms with Crippen molar-refractivity contribution in [3.05, 3.63) is 60.8 Å². The van der Waals surface area contributed by atoms with Gasteiger partial charge in [0, 0.05) is 74.1 Å². The molecule has 36 heavy (non-hydrogen) atoms. The summed E-state index contributed by atoms with van der Waals surface area (Å²) in [7, 11) is 1.87. The third-order valence-electron chi connectivity index (χ3n) is 7.10. The Morgan fingerprint density at radius 1 is 1.17 bits per heavy atom. The Morgan fingerprint density at radius 3 is 2.67 bits per heavy atom. The lowest BCUT2D eigenvalue weighted by atomic mass is 10.0. The number of carbonyl (C=O) groups is 1. The van der Waals surface area contributed by atoms with Gasteiger partial charge in [-0.2, -0.15) is 15.5 Å². The van der Waals surface area contributed by atoms with Crippen molar-refractivity contribution in [1.29, 1.82) is 5.26 Å². The molecule has 2 aliphatic heterocycles. The van der Waals surface area contributed by atoms with Gasteiger partial charge in [0.15, 0.2) is 0 Å². The Hall–Kier alpha value is -4.19. The Labute approximate surface area is 210 Å². The van der Waals surface area contributed by atoms with Crippen LogP contribution in [0.15, 0.2) is 54.7 Å². The van der Waals surface area contributed by atoms with Crippen LogP contribution in [0.3, 0.4) is 0 Å². The van der Waals surface area contributed by atoms with Gasteiger partial charge in [-0.15, -0.1) is 0 Å². The van der Waals surface area contributed by atoms with Crippen LogP contribution in [0, 0.1) is 17.2 Å². The summed E-state index contributed by atoms with van der Waals surface area (Å²) in [5, 5.41) is 18.4. The minimum atomic E-state index is 0.0388. The van der Waals surface area contributed by atoms with Crippen molar-refractivity contribution in [2.24, 2.45) is 18.0 Å².